The van der Waals surface area contributed by atoms with Crippen LogP contribution < -0.4 is 4.90 Å². The standard InChI is InChI=1S/C23H28ClN3O2/c24-19-8-6-17(7-9-19)21(28)18-10-15-26(16-11-18)22-20(5-4-12-25-22)23(29)27-13-2-1-3-14-27/h4-9,12,18,21,28H,1-3,10-11,13-16H2. The Morgan fingerprint density at radius 1 is 1.03 bits per heavy atom. The van der Waals surface area contributed by atoms with Crippen molar-refractivity contribution in [3.8, 4) is 0 Å². The van der Waals surface area contributed by atoms with Crippen molar-refractivity contribution in [2.45, 2.75) is 38.2 Å². The fourth-order valence-corrected chi connectivity index (χ4v) is 4.57. The Balaban J connectivity index is 1.43. The highest BCUT2D eigenvalue weighted by molar-refractivity contribution is 6.30. The van der Waals surface area contributed by atoms with Crippen LogP contribution in [-0.2, 0) is 0 Å². The molecular weight excluding hydrogens is 386 g/mol. The maximum Gasteiger partial charge on any atom is 0.257 e. The zero-order valence-corrected chi connectivity index (χ0v) is 17.4. The van der Waals surface area contributed by atoms with Crippen molar-refractivity contribution < 1.29 is 9.90 Å². The van der Waals surface area contributed by atoms with Crippen molar-refractivity contribution in [1.82, 2.24) is 9.88 Å². The first kappa shape index (κ1) is 20.2. The van der Waals surface area contributed by atoms with Crippen LogP contribution in [0.3, 0.4) is 0 Å². The van der Waals surface area contributed by atoms with Gasteiger partial charge in [0.25, 0.3) is 5.91 Å². The van der Waals surface area contributed by atoms with Gasteiger partial charge < -0.3 is 14.9 Å². The highest BCUT2D eigenvalue weighted by Gasteiger charge is 2.29. The normalized spacial score (nSPS) is 19.2. The summed E-state index contributed by atoms with van der Waals surface area (Å²) >= 11 is 5.96. The van der Waals surface area contributed by atoms with Gasteiger partial charge in [0.15, 0.2) is 0 Å². The minimum absolute atomic E-state index is 0.0936. The van der Waals surface area contributed by atoms with Crippen molar-refractivity contribution in [2.24, 2.45) is 5.92 Å². The molecule has 2 fully saturated rings. The Hall–Kier alpha value is -2.11. The van der Waals surface area contributed by atoms with E-state index in [9.17, 15) is 9.90 Å². The maximum absolute atomic E-state index is 13.1. The molecule has 0 radical (unpaired) electrons. The second-order valence-corrected chi connectivity index (χ2v) is 8.48. The number of piperidine rings is 2. The number of pyridine rings is 1. The summed E-state index contributed by atoms with van der Waals surface area (Å²) < 4.78 is 0. The summed E-state index contributed by atoms with van der Waals surface area (Å²) in [4.78, 5) is 21.8. The van der Waals surface area contributed by atoms with Gasteiger partial charge in [0.2, 0.25) is 0 Å². The van der Waals surface area contributed by atoms with Gasteiger partial charge in [0.05, 0.1) is 11.7 Å². The molecule has 2 aromatic rings. The van der Waals surface area contributed by atoms with E-state index in [1.807, 2.05) is 41.3 Å². The van der Waals surface area contributed by atoms with Gasteiger partial charge >= 0.3 is 0 Å². The predicted molar refractivity (Wildman–Crippen MR) is 115 cm³/mol. The molecule has 1 aromatic carbocycles. The lowest BCUT2D eigenvalue weighted by molar-refractivity contribution is 0.0723. The molecular formula is C23H28ClN3O2. The predicted octanol–water partition coefficient (Wildman–Crippen LogP) is 4.31. The van der Waals surface area contributed by atoms with Crippen LogP contribution in [0.1, 0.15) is 54.1 Å². The molecule has 1 atom stereocenters. The van der Waals surface area contributed by atoms with Crippen molar-refractivity contribution >= 4 is 23.3 Å². The molecule has 0 bridgehead atoms. The number of hydrogen-bond donors (Lipinski definition) is 1. The smallest absolute Gasteiger partial charge is 0.257 e. The molecule has 0 aliphatic carbocycles. The summed E-state index contributed by atoms with van der Waals surface area (Å²) in [6.07, 6.45) is 6.34. The largest absolute Gasteiger partial charge is 0.388 e. The zero-order chi connectivity index (χ0) is 20.2. The number of carbonyl (C=O) groups excluding carboxylic acids is 1. The van der Waals surface area contributed by atoms with Gasteiger partial charge in [0, 0.05) is 37.4 Å². The van der Waals surface area contributed by atoms with Gasteiger partial charge in [-0.3, -0.25) is 4.79 Å². The van der Waals surface area contributed by atoms with Crippen LogP contribution in [0.25, 0.3) is 0 Å². The number of likely N-dealkylation sites (tertiary alicyclic amines) is 1. The SMILES string of the molecule is O=C(c1cccnc1N1CCC(C(O)c2ccc(Cl)cc2)CC1)N1CCCCC1. The van der Waals surface area contributed by atoms with Crippen LogP contribution >= 0.6 is 11.6 Å². The second-order valence-electron chi connectivity index (χ2n) is 8.05. The Bertz CT molecular complexity index is 828. The molecule has 6 heteroatoms. The monoisotopic (exact) mass is 413 g/mol. The van der Waals surface area contributed by atoms with E-state index >= 15 is 0 Å². The van der Waals surface area contributed by atoms with E-state index in [-0.39, 0.29) is 11.8 Å². The quantitative estimate of drug-likeness (QED) is 0.811. The number of nitrogens with zero attached hydrogens (tertiary/aromatic N) is 3. The average molecular weight is 414 g/mol. The lowest BCUT2D eigenvalue weighted by atomic mass is 9.87. The molecule has 2 saturated heterocycles. The number of carbonyl (C=O) groups is 1. The van der Waals surface area contributed by atoms with Gasteiger partial charge in [-0.15, -0.1) is 0 Å². The number of aliphatic hydroxyl groups excluding tert-OH is 1. The topological polar surface area (TPSA) is 56.7 Å². The first-order chi connectivity index (χ1) is 14.1. The highest BCUT2D eigenvalue weighted by atomic mass is 35.5. The van der Waals surface area contributed by atoms with E-state index in [0.717, 1.165) is 63.2 Å². The number of amides is 1. The summed E-state index contributed by atoms with van der Waals surface area (Å²) in [5.74, 6) is 1.07. The van der Waals surface area contributed by atoms with Crippen LogP contribution in [0, 0.1) is 5.92 Å². The van der Waals surface area contributed by atoms with Crippen molar-refractivity contribution in [2.75, 3.05) is 31.1 Å². The van der Waals surface area contributed by atoms with Gasteiger partial charge in [0.1, 0.15) is 5.82 Å². The van der Waals surface area contributed by atoms with Crippen LogP contribution in [-0.4, -0.2) is 47.1 Å². The van der Waals surface area contributed by atoms with E-state index in [1.54, 1.807) is 6.20 Å². The van der Waals surface area contributed by atoms with Crippen LogP contribution in [0.5, 0.6) is 0 Å². The van der Waals surface area contributed by atoms with E-state index in [2.05, 4.69) is 9.88 Å². The summed E-state index contributed by atoms with van der Waals surface area (Å²) in [7, 11) is 0. The molecule has 1 N–H and O–H groups in total. The molecule has 2 aliphatic rings. The molecule has 0 saturated carbocycles. The van der Waals surface area contributed by atoms with Crippen LogP contribution in [0.2, 0.25) is 5.02 Å². The average Bonchev–Trinajstić information content (AvgIpc) is 2.79. The van der Waals surface area contributed by atoms with Crippen molar-refractivity contribution in [3.05, 3.63) is 58.7 Å². The molecule has 0 spiro atoms. The molecule has 1 aromatic heterocycles. The fraction of sp³-hybridized carbons (Fsp3) is 0.478. The van der Waals surface area contributed by atoms with Crippen LogP contribution in [0.4, 0.5) is 5.82 Å². The molecule has 3 heterocycles. The Morgan fingerprint density at radius 3 is 2.41 bits per heavy atom. The van der Waals surface area contributed by atoms with E-state index < -0.39 is 6.10 Å². The Labute approximate surface area is 177 Å². The van der Waals surface area contributed by atoms with Gasteiger partial charge in [-0.05, 0) is 67.9 Å². The molecule has 1 unspecified atom stereocenters. The fourth-order valence-electron chi connectivity index (χ4n) is 4.44. The van der Waals surface area contributed by atoms with Crippen molar-refractivity contribution in [1.29, 1.82) is 0 Å². The number of anilines is 1. The van der Waals surface area contributed by atoms with E-state index in [4.69, 9.17) is 11.6 Å². The first-order valence-corrected chi connectivity index (χ1v) is 10.9. The summed E-state index contributed by atoms with van der Waals surface area (Å²) in [6, 6.07) is 11.2. The lowest BCUT2D eigenvalue weighted by Crippen LogP contribution is -2.39. The summed E-state index contributed by atoms with van der Waals surface area (Å²) in [5, 5.41) is 11.4. The number of halogens is 1. The molecule has 5 nitrogen and oxygen atoms in total. The van der Waals surface area contributed by atoms with Crippen molar-refractivity contribution in [3.63, 3.8) is 0 Å². The number of aliphatic hydroxyl groups is 1. The van der Waals surface area contributed by atoms with Gasteiger partial charge in [-0.25, -0.2) is 4.98 Å². The third-order valence-corrected chi connectivity index (χ3v) is 6.41. The number of rotatable bonds is 4. The molecule has 4 rings (SSSR count). The molecule has 1 amide bonds. The number of aromatic nitrogens is 1. The highest BCUT2D eigenvalue weighted by Crippen LogP contribution is 2.33. The number of hydrogen-bond acceptors (Lipinski definition) is 4. The van der Waals surface area contributed by atoms with Gasteiger partial charge in [-0.1, -0.05) is 23.7 Å². The maximum atomic E-state index is 13.1. The Morgan fingerprint density at radius 2 is 1.72 bits per heavy atom. The minimum atomic E-state index is -0.493. The third-order valence-electron chi connectivity index (χ3n) is 6.16. The van der Waals surface area contributed by atoms with E-state index in [0.29, 0.717) is 10.6 Å². The lowest BCUT2D eigenvalue weighted by Gasteiger charge is -2.36. The zero-order valence-electron chi connectivity index (χ0n) is 16.6. The summed E-state index contributed by atoms with van der Waals surface area (Å²) in [6.45, 7) is 3.24. The molecule has 29 heavy (non-hydrogen) atoms. The molecule has 2 aliphatic heterocycles. The van der Waals surface area contributed by atoms with E-state index in [1.165, 1.54) is 6.42 Å². The summed E-state index contributed by atoms with van der Waals surface area (Å²) in [5.41, 5.74) is 1.61. The second kappa shape index (κ2) is 9.14. The first-order valence-electron chi connectivity index (χ1n) is 10.6. The van der Waals surface area contributed by atoms with Crippen LogP contribution in [0.15, 0.2) is 42.6 Å². The third kappa shape index (κ3) is 4.57. The molecule has 154 valence electrons. The van der Waals surface area contributed by atoms with Gasteiger partial charge in [-0.2, -0.15) is 0 Å². The minimum Gasteiger partial charge on any atom is -0.388 e. The Kier molecular flexibility index (Phi) is 6.36. The number of benzene rings is 1.